The van der Waals surface area contributed by atoms with E-state index >= 15 is 0 Å². The summed E-state index contributed by atoms with van der Waals surface area (Å²) in [6.07, 6.45) is 1.84. The van der Waals surface area contributed by atoms with Gasteiger partial charge in [-0.3, -0.25) is 29.4 Å². The second-order valence-electron chi connectivity index (χ2n) is 7.79. The van der Waals surface area contributed by atoms with E-state index in [2.05, 4.69) is 10.2 Å². The number of piperidine rings is 2. The summed E-state index contributed by atoms with van der Waals surface area (Å²) in [6.45, 7) is 3.41. The number of benzene rings is 1. The largest absolute Gasteiger partial charge is 0.371 e. The number of hydrogen-bond donors (Lipinski definition) is 2. The number of imide groups is 2. The molecule has 27 heavy (non-hydrogen) atoms. The first-order valence-corrected chi connectivity index (χ1v) is 9.17. The van der Waals surface area contributed by atoms with Crippen LogP contribution in [-0.2, 0) is 9.59 Å². The van der Waals surface area contributed by atoms with Crippen LogP contribution in [0.25, 0.3) is 0 Å². The lowest BCUT2D eigenvalue weighted by molar-refractivity contribution is -0.136. The van der Waals surface area contributed by atoms with Gasteiger partial charge in [-0.05, 0) is 38.3 Å². The molecule has 0 spiro atoms. The molecule has 1 aromatic rings. The number of nitrogens with two attached hydrogens (primary N) is 1. The van der Waals surface area contributed by atoms with Gasteiger partial charge in [0.25, 0.3) is 11.8 Å². The Morgan fingerprint density at radius 2 is 1.81 bits per heavy atom. The molecule has 3 aliphatic heterocycles. The molecule has 3 aliphatic rings. The molecule has 8 nitrogen and oxygen atoms in total. The Balaban J connectivity index is 1.66. The maximum absolute atomic E-state index is 13.1. The van der Waals surface area contributed by atoms with Crippen molar-refractivity contribution in [2.45, 2.75) is 44.2 Å². The molecule has 0 radical (unpaired) electrons. The van der Waals surface area contributed by atoms with Gasteiger partial charge in [-0.25, -0.2) is 0 Å². The Morgan fingerprint density at radius 1 is 1.11 bits per heavy atom. The van der Waals surface area contributed by atoms with Gasteiger partial charge < -0.3 is 10.6 Å². The molecule has 0 bridgehead atoms. The zero-order valence-corrected chi connectivity index (χ0v) is 15.2. The van der Waals surface area contributed by atoms with Crippen LogP contribution >= 0.6 is 0 Å². The molecule has 142 valence electrons. The first kappa shape index (κ1) is 17.7. The van der Waals surface area contributed by atoms with E-state index in [0.717, 1.165) is 17.7 Å². The summed E-state index contributed by atoms with van der Waals surface area (Å²) in [4.78, 5) is 52.7. The van der Waals surface area contributed by atoms with E-state index in [1.807, 2.05) is 13.0 Å². The van der Waals surface area contributed by atoms with Crippen LogP contribution in [0.2, 0.25) is 0 Å². The SMILES string of the molecule is CC1(N)CCN(c2cccc3c2C(=O)N(C2CCC(=O)NC2=O)C3=O)CC1. The highest BCUT2D eigenvalue weighted by Gasteiger charge is 2.46. The third kappa shape index (κ3) is 2.90. The molecular weight excluding hydrogens is 348 g/mol. The Kier molecular flexibility index (Phi) is 4.03. The van der Waals surface area contributed by atoms with Crippen molar-refractivity contribution in [2.75, 3.05) is 18.0 Å². The monoisotopic (exact) mass is 370 g/mol. The van der Waals surface area contributed by atoms with Crippen molar-refractivity contribution in [3.05, 3.63) is 29.3 Å². The van der Waals surface area contributed by atoms with E-state index in [-0.39, 0.29) is 24.3 Å². The summed E-state index contributed by atoms with van der Waals surface area (Å²) in [5, 5.41) is 2.21. The minimum Gasteiger partial charge on any atom is -0.371 e. The van der Waals surface area contributed by atoms with Crippen molar-refractivity contribution in [1.29, 1.82) is 0 Å². The van der Waals surface area contributed by atoms with Gasteiger partial charge in [0.15, 0.2) is 0 Å². The molecule has 0 aromatic heterocycles. The van der Waals surface area contributed by atoms with Crippen molar-refractivity contribution in [3.63, 3.8) is 0 Å². The standard InChI is InChI=1S/C19H22N4O4/c1-19(20)7-9-22(10-8-19)12-4-2-3-11-15(12)18(27)23(17(11)26)13-5-6-14(24)21-16(13)25/h2-4,13H,5-10,20H2,1H3,(H,21,24,25). The molecule has 4 rings (SSSR count). The first-order valence-electron chi connectivity index (χ1n) is 9.17. The maximum atomic E-state index is 13.1. The summed E-state index contributed by atoms with van der Waals surface area (Å²) in [5.41, 5.74) is 7.32. The fourth-order valence-corrected chi connectivity index (χ4v) is 4.02. The summed E-state index contributed by atoms with van der Waals surface area (Å²) >= 11 is 0. The van der Waals surface area contributed by atoms with E-state index in [1.165, 1.54) is 0 Å². The molecule has 1 aromatic carbocycles. The third-order valence-corrected chi connectivity index (χ3v) is 5.69. The lowest BCUT2D eigenvalue weighted by atomic mass is 9.90. The number of nitrogens with one attached hydrogen (secondary N) is 1. The van der Waals surface area contributed by atoms with Crippen LogP contribution in [0.15, 0.2) is 18.2 Å². The zero-order chi connectivity index (χ0) is 19.3. The fourth-order valence-electron chi connectivity index (χ4n) is 4.02. The average molecular weight is 370 g/mol. The van der Waals surface area contributed by atoms with E-state index in [1.54, 1.807) is 12.1 Å². The molecule has 0 saturated carbocycles. The summed E-state index contributed by atoms with van der Waals surface area (Å²) < 4.78 is 0. The number of nitrogens with zero attached hydrogens (tertiary/aromatic N) is 2. The highest BCUT2D eigenvalue weighted by atomic mass is 16.2. The van der Waals surface area contributed by atoms with Gasteiger partial charge in [-0.15, -0.1) is 0 Å². The Bertz CT molecular complexity index is 853. The van der Waals surface area contributed by atoms with Gasteiger partial charge >= 0.3 is 0 Å². The first-order chi connectivity index (χ1) is 12.8. The Labute approximate surface area is 156 Å². The predicted octanol–water partition coefficient (Wildman–Crippen LogP) is 0.405. The molecule has 3 N–H and O–H groups in total. The summed E-state index contributed by atoms with van der Waals surface area (Å²) in [6, 6.07) is 4.25. The second kappa shape index (κ2) is 6.16. The zero-order valence-electron chi connectivity index (χ0n) is 15.2. The molecule has 0 aliphatic carbocycles. The smallest absolute Gasteiger partial charge is 0.264 e. The molecule has 1 unspecified atom stereocenters. The molecule has 2 fully saturated rings. The quantitative estimate of drug-likeness (QED) is 0.729. The van der Waals surface area contributed by atoms with E-state index in [0.29, 0.717) is 29.9 Å². The number of fused-ring (bicyclic) bond motifs is 1. The number of anilines is 1. The Hall–Kier alpha value is -2.74. The third-order valence-electron chi connectivity index (χ3n) is 5.69. The van der Waals surface area contributed by atoms with Gasteiger partial charge in [0, 0.05) is 25.0 Å². The number of hydrogen-bond acceptors (Lipinski definition) is 6. The van der Waals surface area contributed by atoms with Gasteiger partial charge in [-0.2, -0.15) is 0 Å². The Morgan fingerprint density at radius 3 is 2.48 bits per heavy atom. The van der Waals surface area contributed by atoms with Gasteiger partial charge in [0.1, 0.15) is 6.04 Å². The number of amides is 4. The number of rotatable bonds is 2. The highest BCUT2D eigenvalue weighted by Crippen LogP contribution is 2.35. The minimum absolute atomic E-state index is 0.109. The van der Waals surface area contributed by atoms with Crippen molar-refractivity contribution < 1.29 is 19.2 Å². The van der Waals surface area contributed by atoms with Crippen molar-refractivity contribution in [3.8, 4) is 0 Å². The maximum Gasteiger partial charge on any atom is 0.264 e. The molecule has 3 heterocycles. The molecule has 1 atom stereocenters. The van der Waals surface area contributed by atoms with E-state index < -0.39 is 23.8 Å². The molecule has 8 heteroatoms. The molecular formula is C19H22N4O4. The van der Waals surface area contributed by atoms with Crippen LogP contribution in [0.4, 0.5) is 5.69 Å². The molecule has 2 saturated heterocycles. The summed E-state index contributed by atoms with van der Waals surface area (Å²) in [5.74, 6) is -1.93. The van der Waals surface area contributed by atoms with Gasteiger partial charge in [0.05, 0.1) is 16.8 Å². The van der Waals surface area contributed by atoms with Crippen LogP contribution in [0, 0.1) is 0 Å². The van der Waals surface area contributed by atoms with Crippen LogP contribution in [0.3, 0.4) is 0 Å². The fraction of sp³-hybridized carbons (Fsp3) is 0.474. The van der Waals surface area contributed by atoms with E-state index in [4.69, 9.17) is 5.73 Å². The topological polar surface area (TPSA) is 113 Å². The van der Waals surface area contributed by atoms with Crippen molar-refractivity contribution in [2.24, 2.45) is 5.73 Å². The normalized spacial score (nSPS) is 24.9. The van der Waals surface area contributed by atoms with E-state index in [9.17, 15) is 19.2 Å². The highest BCUT2D eigenvalue weighted by molar-refractivity contribution is 6.25. The lowest BCUT2D eigenvalue weighted by Crippen LogP contribution is -2.54. The van der Waals surface area contributed by atoms with Gasteiger partial charge in [0.2, 0.25) is 11.8 Å². The molecule has 4 amide bonds. The van der Waals surface area contributed by atoms with Crippen LogP contribution in [0.1, 0.15) is 53.3 Å². The van der Waals surface area contributed by atoms with Crippen LogP contribution in [0.5, 0.6) is 0 Å². The summed E-state index contributed by atoms with van der Waals surface area (Å²) in [7, 11) is 0. The lowest BCUT2D eigenvalue weighted by Gasteiger charge is -2.38. The minimum atomic E-state index is -0.948. The number of carbonyl (C=O) groups is 4. The van der Waals surface area contributed by atoms with Crippen LogP contribution in [-0.4, -0.2) is 53.2 Å². The average Bonchev–Trinajstić information content (AvgIpc) is 2.87. The van der Waals surface area contributed by atoms with Gasteiger partial charge in [-0.1, -0.05) is 6.07 Å². The van der Waals surface area contributed by atoms with Crippen LogP contribution < -0.4 is 16.0 Å². The van der Waals surface area contributed by atoms with Crippen molar-refractivity contribution >= 4 is 29.3 Å². The predicted molar refractivity (Wildman–Crippen MR) is 97.2 cm³/mol. The second-order valence-corrected chi connectivity index (χ2v) is 7.79. The van der Waals surface area contributed by atoms with Crippen molar-refractivity contribution in [1.82, 2.24) is 10.2 Å². The number of carbonyl (C=O) groups excluding carboxylic acids is 4.